The van der Waals surface area contributed by atoms with Gasteiger partial charge >= 0.3 is 0 Å². The minimum Gasteiger partial charge on any atom is -0.350 e. The number of aromatic amines is 1. The summed E-state index contributed by atoms with van der Waals surface area (Å²) in [6, 6.07) is 10.8. The Kier molecular flexibility index (Phi) is 9.53. The Labute approximate surface area is 190 Å². The van der Waals surface area contributed by atoms with E-state index in [1.54, 1.807) is 18.4 Å². The van der Waals surface area contributed by atoms with Gasteiger partial charge in [0.2, 0.25) is 0 Å². The van der Waals surface area contributed by atoms with E-state index >= 15 is 0 Å². The first-order valence-corrected chi connectivity index (χ1v) is 12.1. The standard InChI is InChI=1S/C28H43N2O/c1-7-8-15-27(4,5)20-28(6,16-14-26(31)25-19-29-21-30-25)24(17-22(2)3)18-23-12-10-9-11-13-23/h9-13,19,21-22H,7-8,14-18,20H2,1-6H3,(H,29,30). The Morgan fingerprint density at radius 3 is 2.39 bits per heavy atom. The fraction of sp³-hybridized carbons (Fsp3) is 0.607. The van der Waals surface area contributed by atoms with Gasteiger partial charge in [0.15, 0.2) is 5.78 Å². The van der Waals surface area contributed by atoms with E-state index in [2.05, 4.69) is 81.8 Å². The van der Waals surface area contributed by atoms with Crippen LogP contribution in [0.25, 0.3) is 0 Å². The molecule has 1 unspecified atom stereocenters. The van der Waals surface area contributed by atoms with E-state index in [1.165, 1.54) is 24.8 Å². The topological polar surface area (TPSA) is 45.8 Å². The van der Waals surface area contributed by atoms with Gasteiger partial charge in [0.25, 0.3) is 0 Å². The van der Waals surface area contributed by atoms with Crippen LogP contribution in [0, 0.1) is 22.7 Å². The largest absolute Gasteiger partial charge is 0.350 e. The van der Waals surface area contributed by atoms with Crippen LogP contribution >= 0.6 is 0 Å². The number of benzene rings is 1. The summed E-state index contributed by atoms with van der Waals surface area (Å²) in [5.41, 5.74) is 2.19. The molecule has 3 nitrogen and oxygen atoms in total. The molecule has 1 N–H and O–H groups in total. The zero-order valence-corrected chi connectivity index (χ0v) is 20.6. The molecule has 1 aromatic carbocycles. The molecule has 0 aliphatic heterocycles. The average molecular weight is 424 g/mol. The molecule has 31 heavy (non-hydrogen) atoms. The van der Waals surface area contributed by atoms with Gasteiger partial charge in [-0.05, 0) is 60.3 Å². The van der Waals surface area contributed by atoms with Gasteiger partial charge in [0.05, 0.1) is 6.33 Å². The van der Waals surface area contributed by atoms with Crippen molar-refractivity contribution in [2.75, 3.05) is 0 Å². The first-order chi connectivity index (χ1) is 14.6. The number of carbonyl (C=O) groups is 1. The second-order valence-electron chi connectivity index (χ2n) is 10.7. The van der Waals surface area contributed by atoms with E-state index in [-0.39, 0.29) is 16.6 Å². The van der Waals surface area contributed by atoms with Crippen molar-refractivity contribution >= 4 is 5.78 Å². The lowest BCUT2D eigenvalue weighted by atomic mass is 9.60. The van der Waals surface area contributed by atoms with E-state index in [0.29, 0.717) is 18.0 Å². The first kappa shape index (κ1) is 25.4. The second kappa shape index (κ2) is 11.6. The Morgan fingerprint density at radius 2 is 1.81 bits per heavy atom. The summed E-state index contributed by atoms with van der Waals surface area (Å²) in [7, 11) is 0. The van der Waals surface area contributed by atoms with Gasteiger partial charge in [-0.2, -0.15) is 0 Å². The van der Waals surface area contributed by atoms with Crippen LogP contribution in [0.1, 0.15) is 103 Å². The Bertz CT molecular complexity index is 764. The summed E-state index contributed by atoms with van der Waals surface area (Å²) in [5, 5.41) is 0. The summed E-state index contributed by atoms with van der Waals surface area (Å²) >= 11 is 0. The summed E-state index contributed by atoms with van der Waals surface area (Å²) in [4.78, 5) is 19.9. The molecule has 0 fully saturated rings. The van der Waals surface area contributed by atoms with Crippen molar-refractivity contribution in [3.8, 4) is 0 Å². The fourth-order valence-corrected chi connectivity index (χ4v) is 4.99. The molecule has 1 heterocycles. The zero-order valence-electron chi connectivity index (χ0n) is 20.6. The third kappa shape index (κ3) is 8.27. The van der Waals surface area contributed by atoms with Gasteiger partial charge in [-0.3, -0.25) is 4.79 Å². The monoisotopic (exact) mass is 423 g/mol. The van der Waals surface area contributed by atoms with Gasteiger partial charge < -0.3 is 4.98 Å². The van der Waals surface area contributed by atoms with Crippen molar-refractivity contribution in [3.63, 3.8) is 0 Å². The van der Waals surface area contributed by atoms with Crippen molar-refractivity contribution in [2.24, 2.45) is 16.7 Å². The quantitative estimate of drug-likeness (QED) is 0.314. The predicted molar refractivity (Wildman–Crippen MR) is 131 cm³/mol. The molecule has 2 aromatic rings. The molecule has 0 saturated carbocycles. The summed E-state index contributed by atoms with van der Waals surface area (Å²) in [6.07, 6.45) is 11.7. The Morgan fingerprint density at radius 1 is 1.10 bits per heavy atom. The van der Waals surface area contributed by atoms with Crippen LogP contribution in [0.15, 0.2) is 42.9 Å². The summed E-state index contributed by atoms with van der Waals surface area (Å²) in [6.45, 7) is 14.1. The Hall–Kier alpha value is -1.90. The number of nitrogens with zero attached hydrogens (tertiary/aromatic N) is 1. The molecule has 0 saturated heterocycles. The van der Waals surface area contributed by atoms with Crippen molar-refractivity contribution in [1.29, 1.82) is 0 Å². The number of Topliss-reactive ketones (excluding diaryl/α,β-unsaturated/α-hetero) is 1. The van der Waals surface area contributed by atoms with Crippen LogP contribution < -0.4 is 0 Å². The smallest absolute Gasteiger partial charge is 0.182 e. The van der Waals surface area contributed by atoms with E-state index in [0.717, 1.165) is 25.7 Å². The van der Waals surface area contributed by atoms with Gasteiger partial charge in [0.1, 0.15) is 5.69 Å². The maximum Gasteiger partial charge on any atom is 0.182 e. The van der Waals surface area contributed by atoms with E-state index in [1.807, 2.05) is 0 Å². The SMILES string of the molecule is CCCCC(C)(C)CC(C)(CCC(=O)c1c[nH]cn1)[C](Cc1ccccc1)CC(C)C. The number of imidazole rings is 1. The summed E-state index contributed by atoms with van der Waals surface area (Å²) in [5.74, 6) is 2.33. The molecule has 1 radical (unpaired) electrons. The van der Waals surface area contributed by atoms with Crippen molar-refractivity contribution < 1.29 is 4.79 Å². The highest BCUT2D eigenvalue weighted by molar-refractivity contribution is 5.93. The number of H-pyrrole nitrogens is 1. The number of hydrogen-bond donors (Lipinski definition) is 1. The van der Waals surface area contributed by atoms with Crippen molar-refractivity contribution in [2.45, 2.75) is 92.9 Å². The van der Waals surface area contributed by atoms with Crippen molar-refractivity contribution in [1.82, 2.24) is 9.97 Å². The van der Waals surface area contributed by atoms with Crippen molar-refractivity contribution in [3.05, 3.63) is 60.0 Å². The second-order valence-corrected chi connectivity index (χ2v) is 10.7. The normalized spacial score (nSPS) is 14.2. The maximum atomic E-state index is 12.8. The van der Waals surface area contributed by atoms with Crippen LogP contribution in [0.3, 0.4) is 0 Å². The molecule has 0 aliphatic rings. The van der Waals surface area contributed by atoms with E-state index < -0.39 is 0 Å². The fourth-order valence-electron chi connectivity index (χ4n) is 4.99. The van der Waals surface area contributed by atoms with Gasteiger partial charge in [-0.1, -0.05) is 84.7 Å². The molecule has 1 aromatic heterocycles. The van der Waals surface area contributed by atoms with Crippen LogP contribution in [0.2, 0.25) is 0 Å². The van der Waals surface area contributed by atoms with Crippen LogP contribution in [-0.2, 0) is 6.42 Å². The molecule has 0 aliphatic carbocycles. The number of unbranched alkanes of at least 4 members (excludes halogenated alkanes) is 1. The first-order valence-electron chi connectivity index (χ1n) is 12.1. The molecule has 0 bridgehead atoms. The molecule has 2 rings (SSSR count). The third-order valence-corrected chi connectivity index (χ3v) is 6.53. The third-order valence-electron chi connectivity index (χ3n) is 6.53. The van der Waals surface area contributed by atoms with E-state index in [9.17, 15) is 4.79 Å². The molecule has 1 atom stereocenters. The van der Waals surface area contributed by atoms with Gasteiger partial charge in [0, 0.05) is 12.6 Å². The zero-order chi connectivity index (χ0) is 22.9. The molecule has 0 spiro atoms. The average Bonchev–Trinajstić information content (AvgIpc) is 3.25. The highest BCUT2D eigenvalue weighted by Gasteiger charge is 2.39. The number of hydrogen-bond acceptors (Lipinski definition) is 2. The highest BCUT2D eigenvalue weighted by Crippen LogP contribution is 2.49. The number of rotatable bonds is 14. The lowest BCUT2D eigenvalue weighted by Crippen LogP contribution is -2.34. The lowest BCUT2D eigenvalue weighted by Gasteiger charge is -2.44. The van der Waals surface area contributed by atoms with Gasteiger partial charge in [-0.15, -0.1) is 0 Å². The number of aromatic nitrogens is 2. The number of carbonyl (C=O) groups excluding carboxylic acids is 1. The predicted octanol–water partition coefficient (Wildman–Crippen LogP) is 7.85. The van der Waals surface area contributed by atoms with Crippen LogP contribution in [0.5, 0.6) is 0 Å². The molecule has 0 amide bonds. The lowest BCUT2D eigenvalue weighted by molar-refractivity contribution is 0.0926. The maximum absolute atomic E-state index is 12.8. The Balaban J connectivity index is 2.29. The summed E-state index contributed by atoms with van der Waals surface area (Å²) < 4.78 is 0. The van der Waals surface area contributed by atoms with Crippen LogP contribution in [-0.4, -0.2) is 15.8 Å². The molecule has 3 heteroatoms. The molecular weight excluding hydrogens is 380 g/mol. The minimum absolute atomic E-state index is 0.0172. The number of ketones is 1. The number of nitrogens with one attached hydrogen (secondary N) is 1. The van der Waals surface area contributed by atoms with E-state index in [4.69, 9.17) is 0 Å². The van der Waals surface area contributed by atoms with Gasteiger partial charge in [-0.25, -0.2) is 4.98 Å². The molecule has 171 valence electrons. The minimum atomic E-state index is 0.0172. The van der Waals surface area contributed by atoms with Crippen LogP contribution in [0.4, 0.5) is 0 Å². The molecular formula is C28H43N2O. The highest BCUT2D eigenvalue weighted by atomic mass is 16.1.